The molecule has 2 rings (SSSR count). The molecule has 0 saturated carbocycles. The van der Waals surface area contributed by atoms with Gasteiger partial charge in [0.05, 0.1) is 12.6 Å². The third-order valence-corrected chi connectivity index (χ3v) is 4.90. The SMILES string of the molecule is C#CCN1CCC(C(=O)NC[C@@H](O)c2ccc(C(C)(C)C)cc2)CC1. The van der Waals surface area contributed by atoms with E-state index in [4.69, 9.17) is 6.42 Å². The van der Waals surface area contributed by atoms with Gasteiger partial charge in [-0.1, -0.05) is 51.0 Å². The zero-order chi connectivity index (χ0) is 18.4. The van der Waals surface area contributed by atoms with Crippen LogP contribution in [-0.2, 0) is 10.2 Å². The summed E-state index contributed by atoms with van der Waals surface area (Å²) in [5.74, 6) is 2.70. The number of benzene rings is 1. The molecule has 1 atom stereocenters. The quantitative estimate of drug-likeness (QED) is 0.809. The summed E-state index contributed by atoms with van der Waals surface area (Å²) in [6.45, 7) is 9.10. The number of nitrogens with one attached hydrogen (secondary N) is 1. The lowest BCUT2D eigenvalue weighted by molar-refractivity contribution is -0.126. The van der Waals surface area contributed by atoms with Crippen molar-refractivity contribution < 1.29 is 9.90 Å². The predicted molar refractivity (Wildman–Crippen MR) is 101 cm³/mol. The van der Waals surface area contributed by atoms with Crippen molar-refractivity contribution in [2.75, 3.05) is 26.2 Å². The molecule has 0 spiro atoms. The number of nitrogens with zero attached hydrogens (tertiary/aromatic N) is 1. The monoisotopic (exact) mass is 342 g/mol. The Kier molecular flexibility index (Phi) is 6.64. The van der Waals surface area contributed by atoms with E-state index in [1.54, 1.807) is 0 Å². The second-order valence-electron chi connectivity index (χ2n) is 7.89. The van der Waals surface area contributed by atoms with E-state index in [0.717, 1.165) is 31.5 Å². The number of likely N-dealkylation sites (tertiary alicyclic amines) is 1. The molecule has 1 amide bonds. The molecular weight excluding hydrogens is 312 g/mol. The summed E-state index contributed by atoms with van der Waals surface area (Å²) >= 11 is 0. The summed E-state index contributed by atoms with van der Waals surface area (Å²) in [5.41, 5.74) is 2.15. The summed E-state index contributed by atoms with van der Waals surface area (Å²) in [7, 11) is 0. The standard InChI is InChI=1S/C21H30N2O2/c1-5-12-23-13-10-17(11-14-23)20(25)22-15-19(24)16-6-8-18(9-7-16)21(2,3)4/h1,6-9,17,19,24H,10-15H2,2-4H3,(H,22,25)/t19-/m1/s1. The van der Waals surface area contributed by atoms with Crippen LogP contribution in [0.2, 0.25) is 0 Å². The number of hydrogen-bond donors (Lipinski definition) is 2. The van der Waals surface area contributed by atoms with Gasteiger partial charge in [-0.15, -0.1) is 6.42 Å². The number of rotatable bonds is 5. The highest BCUT2D eigenvalue weighted by molar-refractivity contribution is 5.78. The van der Waals surface area contributed by atoms with Gasteiger partial charge in [0.15, 0.2) is 0 Å². The van der Waals surface area contributed by atoms with Crippen LogP contribution in [0.4, 0.5) is 0 Å². The Morgan fingerprint density at radius 1 is 1.32 bits per heavy atom. The van der Waals surface area contributed by atoms with Crippen molar-refractivity contribution >= 4 is 5.91 Å². The van der Waals surface area contributed by atoms with Gasteiger partial charge < -0.3 is 10.4 Å². The van der Waals surface area contributed by atoms with Crippen molar-refractivity contribution in [1.82, 2.24) is 10.2 Å². The van der Waals surface area contributed by atoms with Crippen molar-refractivity contribution in [3.8, 4) is 12.3 Å². The van der Waals surface area contributed by atoms with E-state index in [2.05, 4.69) is 36.9 Å². The van der Waals surface area contributed by atoms with Gasteiger partial charge in [0.1, 0.15) is 0 Å². The molecule has 1 saturated heterocycles. The summed E-state index contributed by atoms with van der Waals surface area (Å²) in [6.07, 6.45) is 6.29. The fourth-order valence-electron chi connectivity index (χ4n) is 3.15. The molecular formula is C21H30N2O2. The average Bonchev–Trinajstić information content (AvgIpc) is 2.59. The molecule has 0 aromatic heterocycles. The Balaban J connectivity index is 1.81. The van der Waals surface area contributed by atoms with E-state index in [9.17, 15) is 9.90 Å². The zero-order valence-electron chi connectivity index (χ0n) is 15.6. The van der Waals surface area contributed by atoms with Gasteiger partial charge in [-0.05, 0) is 42.5 Å². The van der Waals surface area contributed by atoms with E-state index in [1.807, 2.05) is 24.3 Å². The zero-order valence-corrected chi connectivity index (χ0v) is 15.6. The van der Waals surface area contributed by atoms with Crippen molar-refractivity contribution in [1.29, 1.82) is 0 Å². The Hall–Kier alpha value is -1.83. The van der Waals surface area contributed by atoms with Crippen molar-refractivity contribution in [3.05, 3.63) is 35.4 Å². The number of amides is 1. The number of carbonyl (C=O) groups excluding carboxylic acids is 1. The Morgan fingerprint density at radius 3 is 2.44 bits per heavy atom. The number of hydrogen-bond acceptors (Lipinski definition) is 3. The van der Waals surface area contributed by atoms with Gasteiger partial charge in [0.25, 0.3) is 0 Å². The van der Waals surface area contributed by atoms with E-state index in [-0.39, 0.29) is 23.8 Å². The highest BCUT2D eigenvalue weighted by Crippen LogP contribution is 2.24. The lowest BCUT2D eigenvalue weighted by Gasteiger charge is -2.30. The first-order valence-electron chi connectivity index (χ1n) is 9.03. The molecule has 25 heavy (non-hydrogen) atoms. The minimum absolute atomic E-state index is 0.0180. The van der Waals surface area contributed by atoms with Gasteiger partial charge in [-0.25, -0.2) is 0 Å². The molecule has 0 radical (unpaired) electrons. The summed E-state index contributed by atoms with van der Waals surface area (Å²) in [5, 5.41) is 13.2. The maximum atomic E-state index is 12.3. The van der Waals surface area contributed by atoms with Crippen LogP contribution >= 0.6 is 0 Å². The Bertz CT molecular complexity index is 602. The molecule has 0 aliphatic carbocycles. The normalized spacial score (nSPS) is 17.7. The predicted octanol–water partition coefficient (Wildman–Crippen LogP) is 2.48. The molecule has 0 bridgehead atoms. The molecule has 1 heterocycles. The maximum absolute atomic E-state index is 12.3. The molecule has 1 aliphatic rings. The highest BCUT2D eigenvalue weighted by atomic mass is 16.3. The van der Waals surface area contributed by atoms with Gasteiger partial charge in [0.2, 0.25) is 5.91 Å². The van der Waals surface area contributed by atoms with Crippen LogP contribution in [0.1, 0.15) is 50.8 Å². The van der Waals surface area contributed by atoms with Crippen molar-refractivity contribution in [2.24, 2.45) is 5.92 Å². The number of piperidine rings is 1. The lowest BCUT2D eigenvalue weighted by atomic mass is 9.86. The molecule has 2 N–H and O–H groups in total. The summed E-state index contributed by atoms with van der Waals surface area (Å²) in [6, 6.07) is 7.97. The minimum atomic E-state index is -0.681. The van der Waals surface area contributed by atoms with Crippen molar-refractivity contribution in [2.45, 2.75) is 45.1 Å². The van der Waals surface area contributed by atoms with Gasteiger partial charge >= 0.3 is 0 Å². The largest absolute Gasteiger partial charge is 0.387 e. The van der Waals surface area contributed by atoms with E-state index in [0.29, 0.717) is 6.54 Å². The molecule has 1 aromatic rings. The molecule has 1 aliphatic heterocycles. The molecule has 1 fully saturated rings. The smallest absolute Gasteiger partial charge is 0.223 e. The molecule has 4 heteroatoms. The Labute approximate surface area is 151 Å². The summed E-state index contributed by atoms with van der Waals surface area (Å²) < 4.78 is 0. The van der Waals surface area contributed by atoms with E-state index < -0.39 is 6.10 Å². The minimum Gasteiger partial charge on any atom is -0.387 e. The maximum Gasteiger partial charge on any atom is 0.223 e. The van der Waals surface area contributed by atoms with Crippen LogP contribution in [0.15, 0.2) is 24.3 Å². The second kappa shape index (κ2) is 8.51. The topological polar surface area (TPSA) is 52.6 Å². The second-order valence-corrected chi connectivity index (χ2v) is 7.89. The van der Waals surface area contributed by atoms with Crippen LogP contribution in [0.3, 0.4) is 0 Å². The third kappa shape index (κ3) is 5.59. The fraction of sp³-hybridized carbons (Fsp3) is 0.571. The molecule has 1 aromatic carbocycles. The molecule has 4 nitrogen and oxygen atoms in total. The molecule has 0 unspecified atom stereocenters. The first-order valence-corrected chi connectivity index (χ1v) is 9.03. The number of carbonyl (C=O) groups is 1. The van der Waals surface area contributed by atoms with E-state index in [1.165, 1.54) is 5.56 Å². The number of aliphatic hydroxyl groups is 1. The van der Waals surface area contributed by atoms with Crippen LogP contribution in [0.5, 0.6) is 0 Å². The van der Waals surface area contributed by atoms with Gasteiger partial charge in [-0.3, -0.25) is 9.69 Å². The van der Waals surface area contributed by atoms with Crippen LogP contribution in [-0.4, -0.2) is 42.1 Å². The highest BCUT2D eigenvalue weighted by Gasteiger charge is 2.25. The Morgan fingerprint density at radius 2 is 1.92 bits per heavy atom. The first kappa shape index (κ1) is 19.5. The van der Waals surface area contributed by atoms with Crippen molar-refractivity contribution in [3.63, 3.8) is 0 Å². The molecule has 136 valence electrons. The first-order chi connectivity index (χ1) is 11.8. The fourth-order valence-corrected chi connectivity index (χ4v) is 3.15. The number of terminal acetylenes is 1. The van der Waals surface area contributed by atoms with Gasteiger partial charge in [-0.2, -0.15) is 0 Å². The van der Waals surface area contributed by atoms with Gasteiger partial charge in [0, 0.05) is 12.5 Å². The van der Waals surface area contributed by atoms with Crippen LogP contribution < -0.4 is 5.32 Å². The lowest BCUT2D eigenvalue weighted by Crippen LogP contribution is -2.41. The summed E-state index contributed by atoms with van der Waals surface area (Å²) in [4.78, 5) is 14.5. The third-order valence-electron chi connectivity index (χ3n) is 4.90. The van der Waals surface area contributed by atoms with E-state index >= 15 is 0 Å². The average molecular weight is 342 g/mol. The number of aliphatic hydroxyl groups excluding tert-OH is 1. The van der Waals surface area contributed by atoms with Crippen LogP contribution in [0.25, 0.3) is 0 Å². The van der Waals surface area contributed by atoms with Crippen LogP contribution in [0, 0.1) is 18.3 Å².